The SMILES string of the molecule is O=C(C=Cc1cccc(C(F)(F)F)c1)c1ccc(OC(F)F)cc1. The predicted octanol–water partition coefficient (Wildman–Crippen LogP) is 5.20. The van der Waals surface area contributed by atoms with Crippen molar-refractivity contribution >= 4 is 11.9 Å². The van der Waals surface area contributed by atoms with E-state index in [0.29, 0.717) is 0 Å². The molecule has 0 unspecified atom stereocenters. The first-order valence-electron chi connectivity index (χ1n) is 6.70. The highest BCUT2D eigenvalue weighted by Crippen LogP contribution is 2.29. The molecule has 0 bridgehead atoms. The first-order chi connectivity index (χ1) is 11.3. The molecule has 0 aliphatic rings. The highest BCUT2D eigenvalue weighted by molar-refractivity contribution is 6.06. The number of halogens is 5. The van der Waals surface area contributed by atoms with Crippen molar-refractivity contribution in [2.24, 2.45) is 0 Å². The Balaban J connectivity index is 2.10. The van der Waals surface area contributed by atoms with E-state index in [4.69, 9.17) is 0 Å². The van der Waals surface area contributed by atoms with Crippen LogP contribution in [0, 0.1) is 0 Å². The molecule has 0 aliphatic heterocycles. The van der Waals surface area contributed by atoms with E-state index in [1.54, 1.807) is 0 Å². The van der Waals surface area contributed by atoms with E-state index in [1.165, 1.54) is 42.5 Å². The number of carbonyl (C=O) groups excluding carboxylic acids is 1. The number of alkyl halides is 5. The largest absolute Gasteiger partial charge is 0.435 e. The second-order valence-corrected chi connectivity index (χ2v) is 4.72. The second kappa shape index (κ2) is 7.25. The smallest absolute Gasteiger partial charge is 0.416 e. The van der Waals surface area contributed by atoms with Crippen LogP contribution in [-0.4, -0.2) is 12.4 Å². The molecule has 0 amide bonds. The molecule has 7 heteroatoms. The van der Waals surface area contributed by atoms with Crippen LogP contribution in [0.15, 0.2) is 54.6 Å². The Kier molecular flexibility index (Phi) is 5.33. The molecule has 0 radical (unpaired) electrons. The molecule has 2 aromatic rings. The Bertz CT molecular complexity index is 733. The first-order valence-corrected chi connectivity index (χ1v) is 6.70. The number of ether oxygens (including phenoxy) is 1. The second-order valence-electron chi connectivity index (χ2n) is 4.72. The third-order valence-electron chi connectivity index (χ3n) is 3.01. The Morgan fingerprint density at radius 2 is 1.71 bits per heavy atom. The van der Waals surface area contributed by atoms with Gasteiger partial charge in [-0.1, -0.05) is 18.2 Å². The lowest BCUT2D eigenvalue weighted by atomic mass is 10.1. The zero-order valence-corrected chi connectivity index (χ0v) is 12.1. The minimum atomic E-state index is -4.46. The average molecular weight is 342 g/mol. The summed E-state index contributed by atoms with van der Waals surface area (Å²) in [5, 5.41) is 0. The molecular formula is C17H11F5O2. The Morgan fingerprint density at radius 3 is 2.29 bits per heavy atom. The summed E-state index contributed by atoms with van der Waals surface area (Å²) in [5.74, 6) is -0.570. The minimum absolute atomic E-state index is 0.0941. The van der Waals surface area contributed by atoms with E-state index in [9.17, 15) is 26.7 Å². The number of hydrogen-bond acceptors (Lipinski definition) is 2. The summed E-state index contributed by atoms with van der Waals surface area (Å²) >= 11 is 0. The monoisotopic (exact) mass is 342 g/mol. The first kappa shape index (κ1) is 17.7. The molecule has 0 aliphatic carbocycles. The summed E-state index contributed by atoms with van der Waals surface area (Å²) in [5.41, 5.74) is -0.402. The van der Waals surface area contributed by atoms with Gasteiger partial charge in [0.15, 0.2) is 5.78 Å². The zero-order chi connectivity index (χ0) is 17.7. The maximum atomic E-state index is 12.6. The van der Waals surface area contributed by atoms with Gasteiger partial charge < -0.3 is 4.74 Å². The van der Waals surface area contributed by atoms with Crippen molar-refractivity contribution in [2.75, 3.05) is 0 Å². The summed E-state index contributed by atoms with van der Waals surface area (Å²) < 4.78 is 66.0. The molecule has 24 heavy (non-hydrogen) atoms. The van der Waals surface area contributed by atoms with Gasteiger partial charge in [0.1, 0.15) is 5.75 Å². The third kappa shape index (κ3) is 4.91. The molecule has 0 aromatic heterocycles. The van der Waals surface area contributed by atoms with Gasteiger partial charge in [0.2, 0.25) is 0 Å². The number of hydrogen-bond donors (Lipinski definition) is 0. The summed E-state index contributed by atoms with van der Waals surface area (Å²) in [6, 6.07) is 9.51. The summed E-state index contributed by atoms with van der Waals surface area (Å²) in [6.07, 6.45) is -2.10. The highest BCUT2D eigenvalue weighted by atomic mass is 19.4. The number of benzene rings is 2. The predicted molar refractivity (Wildman–Crippen MR) is 77.9 cm³/mol. The number of rotatable bonds is 5. The fourth-order valence-corrected chi connectivity index (χ4v) is 1.89. The molecular weight excluding hydrogens is 331 g/mol. The van der Waals surface area contributed by atoms with Crippen molar-refractivity contribution in [2.45, 2.75) is 12.8 Å². The normalized spacial score (nSPS) is 11.9. The van der Waals surface area contributed by atoms with Crippen LogP contribution >= 0.6 is 0 Å². The molecule has 2 aromatic carbocycles. The van der Waals surface area contributed by atoms with Gasteiger partial charge in [-0.05, 0) is 48.0 Å². The van der Waals surface area contributed by atoms with E-state index in [-0.39, 0.29) is 16.9 Å². The summed E-state index contributed by atoms with van der Waals surface area (Å²) in [6.45, 7) is -2.97. The Labute approximate surface area is 134 Å². The van der Waals surface area contributed by atoms with Crippen molar-refractivity contribution in [3.8, 4) is 5.75 Å². The lowest BCUT2D eigenvalue weighted by molar-refractivity contribution is -0.137. The van der Waals surface area contributed by atoms with Gasteiger partial charge in [0.25, 0.3) is 0 Å². The van der Waals surface area contributed by atoms with E-state index in [0.717, 1.165) is 18.2 Å². The molecule has 0 spiro atoms. The van der Waals surface area contributed by atoms with E-state index in [2.05, 4.69) is 4.74 Å². The third-order valence-corrected chi connectivity index (χ3v) is 3.01. The van der Waals surface area contributed by atoms with Crippen LogP contribution < -0.4 is 4.74 Å². The van der Waals surface area contributed by atoms with Crippen molar-refractivity contribution in [1.29, 1.82) is 0 Å². The molecule has 0 saturated carbocycles. The van der Waals surface area contributed by atoms with Gasteiger partial charge >= 0.3 is 12.8 Å². The topological polar surface area (TPSA) is 26.3 Å². The van der Waals surface area contributed by atoms with Crippen LogP contribution in [0.5, 0.6) is 5.75 Å². The molecule has 0 N–H and O–H groups in total. The van der Waals surface area contributed by atoms with Gasteiger partial charge in [-0.25, -0.2) is 0 Å². The number of carbonyl (C=O) groups is 1. The molecule has 0 atom stereocenters. The van der Waals surface area contributed by atoms with Crippen LogP contribution in [0.1, 0.15) is 21.5 Å². The van der Waals surface area contributed by atoms with Gasteiger partial charge in [0, 0.05) is 5.56 Å². The van der Waals surface area contributed by atoms with Crippen molar-refractivity contribution in [1.82, 2.24) is 0 Å². The lowest BCUT2D eigenvalue weighted by Gasteiger charge is -2.06. The summed E-state index contributed by atoms with van der Waals surface area (Å²) in [7, 11) is 0. The molecule has 2 nitrogen and oxygen atoms in total. The fourth-order valence-electron chi connectivity index (χ4n) is 1.89. The maximum absolute atomic E-state index is 12.6. The standard InChI is InChI=1S/C17H11F5O2/c18-16(19)24-14-7-5-12(6-8-14)15(23)9-4-11-2-1-3-13(10-11)17(20,21)22/h1-10,16H. The molecule has 0 heterocycles. The van der Waals surface area contributed by atoms with Crippen LogP contribution in [0.25, 0.3) is 6.08 Å². The van der Waals surface area contributed by atoms with Gasteiger partial charge in [-0.3, -0.25) is 4.79 Å². The highest BCUT2D eigenvalue weighted by Gasteiger charge is 2.30. The minimum Gasteiger partial charge on any atom is -0.435 e. The van der Waals surface area contributed by atoms with Gasteiger partial charge in [-0.2, -0.15) is 22.0 Å². The van der Waals surface area contributed by atoms with E-state index >= 15 is 0 Å². The van der Waals surface area contributed by atoms with Crippen LogP contribution in [0.4, 0.5) is 22.0 Å². The van der Waals surface area contributed by atoms with Crippen molar-refractivity contribution in [3.63, 3.8) is 0 Å². The van der Waals surface area contributed by atoms with Crippen molar-refractivity contribution < 1.29 is 31.5 Å². The maximum Gasteiger partial charge on any atom is 0.416 e. The van der Waals surface area contributed by atoms with E-state index in [1.807, 2.05) is 0 Å². The van der Waals surface area contributed by atoms with Gasteiger partial charge in [-0.15, -0.1) is 0 Å². The lowest BCUT2D eigenvalue weighted by Crippen LogP contribution is -2.04. The van der Waals surface area contributed by atoms with Crippen LogP contribution in [-0.2, 0) is 6.18 Å². The molecule has 126 valence electrons. The van der Waals surface area contributed by atoms with Crippen molar-refractivity contribution in [3.05, 3.63) is 71.3 Å². The van der Waals surface area contributed by atoms with Crippen LogP contribution in [0.2, 0.25) is 0 Å². The molecule has 0 saturated heterocycles. The molecule has 2 rings (SSSR count). The quantitative estimate of drug-likeness (QED) is 0.424. The van der Waals surface area contributed by atoms with Crippen LogP contribution in [0.3, 0.4) is 0 Å². The fraction of sp³-hybridized carbons (Fsp3) is 0.118. The summed E-state index contributed by atoms with van der Waals surface area (Å²) in [4.78, 5) is 11.9. The zero-order valence-electron chi connectivity index (χ0n) is 12.1. The Hall–Kier alpha value is -2.70. The van der Waals surface area contributed by atoms with E-state index < -0.39 is 24.1 Å². The number of ketones is 1. The average Bonchev–Trinajstić information content (AvgIpc) is 2.52. The Morgan fingerprint density at radius 1 is 1.04 bits per heavy atom. The molecule has 0 fully saturated rings. The number of allylic oxidation sites excluding steroid dienone is 1. The van der Waals surface area contributed by atoms with Gasteiger partial charge in [0.05, 0.1) is 5.56 Å².